The van der Waals surface area contributed by atoms with E-state index in [1.807, 2.05) is 6.92 Å². The number of aryl methyl sites for hydroxylation is 1. The van der Waals surface area contributed by atoms with Crippen molar-refractivity contribution in [2.24, 2.45) is 0 Å². The molecule has 0 saturated heterocycles. The summed E-state index contributed by atoms with van der Waals surface area (Å²) in [5.74, 6) is 0.580. The maximum atomic E-state index is 11.8. The highest BCUT2D eigenvalue weighted by molar-refractivity contribution is 7.18. The number of carbonyl (C=O) groups is 1. The zero-order valence-corrected chi connectivity index (χ0v) is 11.9. The van der Waals surface area contributed by atoms with Crippen LogP contribution in [0.15, 0.2) is 30.3 Å². The molecular weight excluding hydrogens is 291 g/mol. The summed E-state index contributed by atoms with van der Waals surface area (Å²) in [6, 6.07) is 8.69. The van der Waals surface area contributed by atoms with Crippen LogP contribution in [0.3, 0.4) is 0 Å². The molecule has 0 unspecified atom stereocenters. The van der Waals surface area contributed by atoms with Crippen molar-refractivity contribution in [1.82, 2.24) is 0 Å². The predicted octanol–water partition coefficient (Wildman–Crippen LogP) is 4.63. The van der Waals surface area contributed by atoms with E-state index in [1.165, 1.54) is 11.3 Å². The van der Waals surface area contributed by atoms with Crippen LogP contribution >= 0.6 is 34.5 Å². The van der Waals surface area contributed by atoms with Crippen LogP contribution in [0, 0.1) is 6.92 Å². The molecular formula is C13H10Cl2O2S. The quantitative estimate of drug-likeness (QED) is 0.770. The molecule has 2 nitrogen and oxygen atoms in total. The van der Waals surface area contributed by atoms with Gasteiger partial charge >= 0.3 is 0 Å². The predicted molar refractivity (Wildman–Crippen MR) is 75.3 cm³/mol. The maximum Gasteiger partial charge on any atom is 0.210 e. The number of hydrogen-bond acceptors (Lipinski definition) is 3. The average Bonchev–Trinajstić information content (AvgIpc) is 2.74. The third-order valence-corrected chi connectivity index (χ3v) is 3.85. The van der Waals surface area contributed by atoms with E-state index >= 15 is 0 Å². The first-order valence-electron chi connectivity index (χ1n) is 5.24. The Bertz CT molecular complexity index is 578. The van der Waals surface area contributed by atoms with Crippen LogP contribution < -0.4 is 4.74 Å². The van der Waals surface area contributed by atoms with Gasteiger partial charge < -0.3 is 4.74 Å². The molecule has 5 heteroatoms. The number of Topliss-reactive ketones (excluding diaryl/α,β-unsaturated/α-hetero) is 1. The highest BCUT2D eigenvalue weighted by Gasteiger charge is 2.10. The van der Waals surface area contributed by atoms with Crippen LogP contribution in [0.2, 0.25) is 9.36 Å². The van der Waals surface area contributed by atoms with Gasteiger partial charge in [-0.2, -0.15) is 0 Å². The van der Waals surface area contributed by atoms with Crippen LogP contribution in [0.5, 0.6) is 5.75 Å². The molecule has 0 N–H and O–H groups in total. The minimum atomic E-state index is -0.0822. The van der Waals surface area contributed by atoms with Gasteiger partial charge in [0.1, 0.15) is 5.75 Å². The van der Waals surface area contributed by atoms with Gasteiger partial charge in [-0.25, -0.2) is 0 Å². The Hall–Kier alpha value is -1.03. The summed E-state index contributed by atoms with van der Waals surface area (Å²) < 4.78 is 6.07. The summed E-state index contributed by atoms with van der Waals surface area (Å²) in [7, 11) is 0. The molecule has 0 saturated carbocycles. The molecule has 0 fully saturated rings. The first-order chi connectivity index (χ1) is 8.56. The first kappa shape index (κ1) is 13.4. The van der Waals surface area contributed by atoms with Crippen molar-refractivity contribution in [2.75, 3.05) is 6.61 Å². The number of ketones is 1. The number of carbonyl (C=O) groups excluding carboxylic acids is 1. The molecule has 0 aliphatic carbocycles. The lowest BCUT2D eigenvalue weighted by atomic mass is 10.2. The second-order valence-corrected chi connectivity index (χ2v) is 5.88. The van der Waals surface area contributed by atoms with Gasteiger partial charge in [0.15, 0.2) is 6.61 Å². The molecule has 1 aromatic carbocycles. The van der Waals surface area contributed by atoms with Crippen molar-refractivity contribution in [3.63, 3.8) is 0 Å². The Morgan fingerprint density at radius 2 is 2.06 bits per heavy atom. The number of halogens is 2. The highest BCUT2D eigenvalue weighted by Crippen LogP contribution is 2.24. The lowest BCUT2D eigenvalue weighted by molar-refractivity contribution is 0.0925. The molecule has 94 valence electrons. The van der Waals surface area contributed by atoms with Crippen molar-refractivity contribution < 1.29 is 9.53 Å². The van der Waals surface area contributed by atoms with E-state index in [4.69, 9.17) is 27.9 Å². The number of hydrogen-bond donors (Lipinski definition) is 0. The molecule has 2 rings (SSSR count). The summed E-state index contributed by atoms with van der Waals surface area (Å²) in [4.78, 5) is 12.4. The van der Waals surface area contributed by atoms with Crippen LogP contribution in [0.1, 0.15) is 15.2 Å². The van der Waals surface area contributed by atoms with Gasteiger partial charge in [-0.05, 0) is 42.8 Å². The summed E-state index contributed by atoms with van der Waals surface area (Å²) in [5, 5.41) is 0.649. The van der Waals surface area contributed by atoms with Crippen molar-refractivity contribution in [2.45, 2.75) is 6.92 Å². The first-order valence-corrected chi connectivity index (χ1v) is 6.81. The largest absolute Gasteiger partial charge is 0.485 e. The number of rotatable bonds is 4. The molecule has 1 aromatic heterocycles. The van der Waals surface area contributed by atoms with E-state index < -0.39 is 0 Å². The van der Waals surface area contributed by atoms with Gasteiger partial charge in [0.25, 0.3) is 0 Å². The van der Waals surface area contributed by atoms with Gasteiger partial charge in [-0.1, -0.05) is 23.2 Å². The number of ether oxygens (including phenoxy) is 1. The molecule has 0 aliphatic rings. The van der Waals surface area contributed by atoms with Gasteiger partial charge in [-0.3, -0.25) is 4.79 Å². The van der Waals surface area contributed by atoms with Crippen molar-refractivity contribution >= 4 is 40.3 Å². The second-order valence-electron chi connectivity index (χ2n) is 3.73. The Morgan fingerprint density at radius 1 is 1.28 bits per heavy atom. The topological polar surface area (TPSA) is 26.3 Å². The fraction of sp³-hybridized carbons (Fsp3) is 0.154. The average molecular weight is 301 g/mol. The van der Waals surface area contributed by atoms with Gasteiger partial charge in [-0.15, -0.1) is 11.3 Å². The zero-order valence-electron chi connectivity index (χ0n) is 9.57. The van der Waals surface area contributed by atoms with Crippen LogP contribution in [0.4, 0.5) is 0 Å². The molecule has 0 atom stereocenters. The Morgan fingerprint density at radius 3 is 2.67 bits per heavy atom. The minimum absolute atomic E-state index is 0.000680. The van der Waals surface area contributed by atoms with Crippen LogP contribution in [-0.2, 0) is 0 Å². The minimum Gasteiger partial charge on any atom is -0.485 e. The van der Waals surface area contributed by atoms with Gasteiger partial charge in [0, 0.05) is 5.02 Å². The molecule has 0 bridgehead atoms. The van der Waals surface area contributed by atoms with E-state index in [0.29, 0.717) is 20.0 Å². The lowest BCUT2D eigenvalue weighted by Crippen LogP contribution is -2.10. The Balaban J connectivity index is 2.01. The van der Waals surface area contributed by atoms with E-state index in [1.54, 1.807) is 30.3 Å². The molecule has 1 heterocycles. The van der Waals surface area contributed by atoms with E-state index in [-0.39, 0.29) is 12.4 Å². The second kappa shape index (κ2) is 5.74. The van der Waals surface area contributed by atoms with Gasteiger partial charge in [0.05, 0.1) is 9.21 Å². The van der Waals surface area contributed by atoms with Crippen molar-refractivity contribution in [3.8, 4) is 5.75 Å². The summed E-state index contributed by atoms with van der Waals surface area (Å²) in [5.41, 5.74) is 0.902. The molecule has 0 amide bonds. The molecule has 0 spiro atoms. The fourth-order valence-corrected chi connectivity index (χ4v) is 2.65. The third kappa shape index (κ3) is 3.25. The molecule has 0 aliphatic heterocycles. The lowest BCUT2D eigenvalue weighted by Gasteiger charge is -2.07. The van der Waals surface area contributed by atoms with E-state index in [2.05, 4.69) is 0 Å². The normalized spacial score (nSPS) is 10.4. The smallest absolute Gasteiger partial charge is 0.210 e. The van der Waals surface area contributed by atoms with Crippen LogP contribution in [-0.4, -0.2) is 12.4 Å². The SMILES string of the molecule is Cc1cc(Cl)ccc1OCC(=O)c1ccc(Cl)s1. The Kier molecular flexibility index (Phi) is 4.27. The number of benzene rings is 1. The van der Waals surface area contributed by atoms with E-state index in [9.17, 15) is 4.79 Å². The number of thiophene rings is 1. The standard InChI is InChI=1S/C13H10Cl2O2S/c1-8-6-9(14)2-3-11(8)17-7-10(16)12-4-5-13(15)18-12/h2-6H,7H2,1H3. The summed E-state index contributed by atoms with van der Waals surface area (Å²) in [6.07, 6.45) is 0. The third-order valence-electron chi connectivity index (χ3n) is 2.34. The van der Waals surface area contributed by atoms with Gasteiger partial charge in [0.2, 0.25) is 5.78 Å². The molecule has 2 aromatic rings. The maximum absolute atomic E-state index is 11.8. The van der Waals surface area contributed by atoms with Crippen LogP contribution in [0.25, 0.3) is 0 Å². The van der Waals surface area contributed by atoms with E-state index in [0.717, 1.165) is 5.56 Å². The Labute approximate surface area is 119 Å². The fourth-order valence-electron chi connectivity index (χ4n) is 1.45. The van der Waals surface area contributed by atoms with Crippen molar-refractivity contribution in [1.29, 1.82) is 0 Å². The summed E-state index contributed by atoms with van der Waals surface area (Å²) in [6.45, 7) is 1.88. The zero-order chi connectivity index (χ0) is 13.1. The molecule has 18 heavy (non-hydrogen) atoms. The highest BCUT2D eigenvalue weighted by atomic mass is 35.5. The molecule has 0 radical (unpaired) electrons. The monoisotopic (exact) mass is 300 g/mol. The van der Waals surface area contributed by atoms with Crippen molar-refractivity contribution in [3.05, 3.63) is 50.1 Å². The summed E-state index contributed by atoms with van der Waals surface area (Å²) >= 11 is 12.9.